The van der Waals surface area contributed by atoms with Crippen molar-refractivity contribution < 1.29 is 22.7 Å². The molecule has 0 radical (unpaired) electrons. The molecule has 3 aromatic rings. The van der Waals surface area contributed by atoms with Gasteiger partial charge in [0.05, 0.1) is 12.2 Å². The van der Waals surface area contributed by atoms with Crippen LogP contribution in [0.15, 0.2) is 60.7 Å². The first-order valence-corrected chi connectivity index (χ1v) is 12.3. The highest BCUT2D eigenvalue weighted by Gasteiger charge is 2.30. The van der Waals surface area contributed by atoms with Crippen LogP contribution in [0.1, 0.15) is 39.0 Å². The average molecular weight is 495 g/mol. The molecule has 4 nitrogen and oxygen atoms in total. The molecule has 1 amide bonds. The van der Waals surface area contributed by atoms with Gasteiger partial charge >= 0.3 is 6.18 Å². The molecular weight excluding hydrogens is 465 g/mol. The van der Waals surface area contributed by atoms with E-state index in [1.165, 1.54) is 23.3 Å². The summed E-state index contributed by atoms with van der Waals surface area (Å²) in [4.78, 5) is 13.3. The highest BCUT2D eigenvalue weighted by atomic mass is 19.4. The Hall–Kier alpha value is -3.16. The van der Waals surface area contributed by atoms with Gasteiger partial charge in [-0.2, -0.15) is 13.2 Å². The topological polar surface area (TPSA) is 50.4 Å². The molecule has 1 unspecified atom stereocenters. The van der Waals surface area contributed by atoms with E-state index in [-0.39, 0.29) is 5.91 Å². The van der Waals surface area contributed by atoms with Gasteiger partial charge in [0.2, 0.25) is 0 Å². The van der Waals surface area contributed by atoms with E-state index in [1.807, 2.05) is 25.1 Å². The summed E-state index contributed by atoms with van der Waals surface area (Å²) in [6, 6.07) is 16.7. The van der Waals surface area contributed by atoms with Crippen LogP contribution in [0.25, 0.3) is 11.1 Å². The van der Waals surface area contributed by atoms with Crippen molar-refractivity contribution in [3.05, 3.63) is 88.5 Å². The Labute approximate surface area is 208 Å². The third kappa shape index (κ3) is 5.32. The second-order valence-corrected chi connectivity index (χ2v) is 9.75. The average Bonchev–Trinajstić information content (AvgIpc) is 3.51. The van der Waals surface area contributed by atoms with E-state index in [0.717, 1.165) is 56.7 Å². The van der Waals surface area contributed by atoms with Crippen LogP contribution in [0, 0.1) is 12.8 Å². The summed E-state index contributed by atoms with van der Waals surface area (Å²) in [6.45, 7) is 4.49. The lowest BCUT2D eigenvalue weighted by Crippen LogP contribution is -2.34. The number of alkyl halides is 3. The predicted octanol–water partition coefficient (Wildman–Crippen LogP) is 6.03. The zero-order chi connectivity index (χ0) is 25.3. The lowest BCUT2D eigenvalue weighted by molar-refractivity contribution is -0.137. The number of aryl methyl sites for hydroxylation is 1. The third-order valence-electron chi connectivity index (χ3n) is 7.13. The number of benzene rings is 3. The van der Waals surface area contributed by atoms with E-state index in [2.05, 4.69) is 16.7 Å². The third-order valence-corrected chi connectivity index (χ3v) is 7.13. The number of fused-ring (bicyclic) bond motifs is 1. The number of carbonyl (C=O) groups excluding carboxylic acids is 1. The fraction of sp³-hybridized carbons (Fsp3) is 0.345. The molecule has 2 atom stereocenters. The maximum absolute atomic E-state index is 13.3. The smallest absolute Gasteiger partial charge is 0.381 e. The molecule has 1 aliphatic heterocycles. The normalized spacial score (nSPS) is 19.3. The molecule has 0 bridgehead atoms. The molecule has 2 N–H and O–H groups in total. The van der Waals surface area contributed by atoms with Gasteiger partial charge in [0, 0.05) is 30.4 Å². The van der Waals surface area contributed by atoms with Crippen LogP contribution in [0.5, 0.6) is 0 Å². The molecule has 0 aromatic heterocycles. The van der Waals surface area contributed by atoms with Crippen molar-refractivity contribution in [2.45, 2.75) is 38.4 Å². The van der Waals surface area contributed by atoms with Crippen LogP contribution in [0.2, 0.25) is 0 Å². The largest absolute Gasteiger partial charge is 0.416 e. The molecule has 1 saturated heterocycles. The van der Waals surface area contributed by atoms with E-state index in [1.54, 1.807) is 12.1 Å². The van der Waals surface area contributed by atoms with Gasteiger partial charge in [-0.3, -0.25) is 4.79 Å². The van der Waals surface area contributed by atoms with E-state index >= 15 is 0 Å². The zero-order valence-electron chi connectivity index (χ0n) is 20.1. The number of anilines is 1. The number of amides is 1. The van der Waals surface area contributed by atoms with Crippen molar-refractivity contribution in [3.63, 3.8) is 0 Å². The summed E-state index contributed by atoms with van der Waals surface area (Å²) in [7, 11) is 0. The van der Waals surface area contributed by atoms with Crippen LogP contribution in [0.3, 0.4) is 0 Å². The molecule has 0 spiro atoms. The van der Waals surface area contributed by atoms with Crippen LogP contribution >= 0.6 is 0 Å². The molecule has 5 rings (SSSR count). The van der Waals surface area contributed by atoms with E-state index in [4.69, 9.17) is 4.74 Å². The van der Waals surface area contributed by atoms with E-state index < -0.39 is 11.7 Å². The number of halogens is 3. The quantitative estimate of drug-likeness (QED) is 0.440. The fourth-order valence-corrected chi connectivity index (χ4v) is 5.18. The monoisotopic (exact) mass is 494 g/mol. The van der Waals surface area contributed by atoms with Crippen molar-refractivity contribution in [1.29, 1.82) is 0 Å². The van der Waals surface area contributed by atoms with Crippen molar-refractivity contribution in [3.8, 4) is 11.1 Å². The summed E-state index contributed by atoms with van der Waals surface area (Å²) in [6.07, 6.45) is -1.42. The van der Waals surface area contributed by atoms with Gasteiger partial charge in [-0.15, -0.1) is 0 Å². The van der Waals surface area contributed by atoms with Crippen LogP contribution in [-0.4, -0.2) is 31.7 Å². The van der Waals surface area contributed by atoms with Gasteiger partial charge in [-0.1, -0.05) is 30.3 Å². The first kappa shape index (κ1) is 24.5. The molecule has 0 saturated carbocycles. The minimum Gasteiger partial charge on any atom is -0.381 e. The molecule has 1 heterocycles. The molecular formula is C29H29F3N2O2. The van der Waals surface area contributed by atoms with Gasteiger partial charge < -0.3 is 15.4 Å². The van der Waals surface area contributed by atoms with Crippen LogP contribution in [0.4, 0.5) is 18.9 Å². The Kier molecular flexibility index (Phi) is 6.86. The fourth-order valence-electron chi connectivity index (χ4n) is 5.18. The van der Waals surface area contributed by atoms with Crippen molar-refractivity contribution in [1.82, 2.24) is 5.32 Å². The molecule has 36 heavy (non-hydrogen) atoms. The summed E-state index contributed by atoms with van der Waals surface area (Å²) in [5, 5.41) is 6.66. The van der Waals surface area contributed by atoms with Crippen molar-refractivity contribution >= 4 is 11.6 Å². The predicted molar refractivity (Wildman–Crippen MR) is 134 cm³/mol. The Bertz CT molecular complexity index is 1250. The zero-order valence-corrected chi connectivity index (χ0v) is 20.1. The Balaban J connectivity index is 1.30. The highest BCUT2D eigenvalue weighted by Crippen LogP contribution is 2.34. The summed E-state index contributed by atoms with van der Waals surface area (Å²) in [5.74, 6) is 0.291. The lowest BCUT2D eigenvalue weighted by atomic mass is 9.93. The lowest BCUT2D eigenvalue weighted by Gasteiger charge is -2.15. The Morgan fingerprint density at radius 2 is 1.81 bits per heavy atom. The molecule has 3 aromatic carbocycles. The van der Waals surface area contributed by atoms with Crippen molar-refractivity contribution in [2.24, 2.45) is 5.92 Å². The Morgan fingerprint density at radius 3 is 2.53 bits per heavy atom. The number of ether oxygens (including phenoxy) is 1. The van der Waals surface area contributed by atoms with Crippen molar-refractivity contribution in [2.75, 3.05) is 25.1 Å². The molecule has 2 aliphatic rings. The van der Waals surface area contributed by atoms with Gasteiger partial charge in [0.15, 0.2) is 0 Å². The first-order valence-electron chi connectivity index (χ1n) is 12.3. The summed E-state index contributed by atoms with van der Waals surface area (Å²) in [5.41, 5.74) is 4.95. The maximum atomic E-state index is 13.3. The Morgan fingerprint density at radius 1 is 1.03 bits per heavy atom. The summed E-state index contributed by atoms with van der Waals surface area (Å²) >= 11 is 0. The number of hydrogen-bond acceptors (Lipinski definition) is 3. The van der Waals surface area contributed by atoms with Gasteiger partial charge in [-0.25, -0.2) is 0 Å². The molecule has 1 fully saturated rings. The number of hydrogen-bond donors (Lipinski definition) is 2. The molecule has 1 aliphatic carbocycles. The standard InChI is InChI=1S/C29H29F3N2O2/c1-18-3-2-4-26(27(18)20-5-8-23(9-6-20)29(30,31)32)28(35)34-24-10-7-21-13-25(15-22(21)14-24)33-16-19-11-12-36-17-19/h2-10,14,19,25,33H,11-13,15-17H2,1H3,(H,34,35)/t19?,25-/m0/s1. The SMILES string of the molecule is Cc1cccc(C(=O)Nc2ccc3c(c2)C[C@@H](NCC2CCOC2)C3)c1-c1ccc(C(F)(F)F)cc1. The summed E-state index contributed by atoms with van der Waals surface area (Å²) < 4.78 is 44.5. The van der Waals surface area contributed by atoms with E-state index in [0.29, 0.717) is 34.3 Å². The number of rotatable bonds is 6. The second-order valence-electron chi connectivity index (χ2n) is 9.75. The molecule has 188 valence electrons. The van der Waals surface area contributed by atoms with Gasteiger partial charge in [0.1, 0.15) is 0 Å². The van der Waals surface area contributed by atoms with Gasteiger partial charge in [-0.05, 0) is 90.3 Å². The minimum atomic E-state index is -4.41. The van der Waals surface area contributed by atoms with Gasteiger partial charge in [0.25, 0.3) is 5.91 Å². The number of nitrogens with one attached hydrogen (secondary N) is 2. The van der Waals surface area contributed by atoms with Crippen LogP contribution in [-0.2, 0) is 23.8 Å². The van der Waals surface area contributed by atoms with E-state index in [9.17, 15) is 18.0 Å². The maximum Gasteiger partial charge on any atom is 0.416 e. The number of carbonyl (C=O) groups is 1. The first-order chi connectivity index (χ1) is 17.3. The second kappa shape index (κ2) is 10.1. The van der Waals surface area contributed by atoms with Crippen LogP contribution < -0.4 is 10.6 Å². The highest BCUT2D eigenvalue weighted by molar-refractivity contribution is 6.09. The molecule has 7 heteroatoms. The minimum absolute atomic E-state index is 0.289.